The molecule has 0 bridgehead atoms. The molecule has 1 atom stereocenters. The third kappa shape index (κ3) is 4.73. The Morgan fingerprint density at radius 2 is 2.00 bits per heavy atom. The number of pyridine rings is 1. The number of fused-ring (bicyclic) bond motifs is 1. The average molecular weight is 482 g/mol. The molecule has 6 nitrogen and oxygen atoms in total. The number of halogens is 1. The van der Waals surface area contributed by atoms with E-state index in [0.29, 0.717) is 52.5 Å². The molecule has 1 saturated carbocycles. The number of anilines is 1. The van der Waals surface area contributed by atoms with Crippen LogP contribution in [0.5, 0.6) is 0 Å². The number of nitrogens with one attached hydrogen (secondary N) is 1. The number of hydrogen-bond donors (Lipinski definition) is 1. The highest BCUT2D eigenvalue weighted by Gasteiger charge is 2.34. The predicted octanol–water partition coefficient (Wildman–Crippen LogP) is 4.92. The van der Waals surface area contributed by atoms with Gasteiger partial charge in [-0.15, -0.1) is 0 Å². The van der Waals surface area contributed by atoms with Crippen molar-refractivity contribution in [2.75, 3.05) is 37.3 Å². The van der Waals surface area contributed by atoms with Gasteiger partial charge in [0.05, 0.1) is 17.8 Å². The Morgan fingerprint density at radius 3 is 2.71 bits per heavy atom. The molecule has 0 radical (unpaired) electrons. The number of rotatable bonds is 7. The first-order chi connectivity index (χ1) is 16.4. The summed E-state index contributed by atoms with van der Waals surface area (Å²) >= 11 is 0. The molecule has 0 spiro atoms. The van der Waals surface area contributed by atoms with Crippen LogP contribution in [-0.4, -0.2) is 51.8 Å². The Bertz CT molecular complexity index is 1250. The largest absolute Gasteiger partial charge is 0.363 e. The van der Waals surface area contributed by atoms with Gasteiger partial charge in [-0.2, -0.15) is 0 Å². The molecule has 2 aromatic heterocycles. The zero-order valence-electron chi connectivity index (χ0n) is 20.2. The fourth-order valence-electron chi connectivity index (χ4n) is 4.87. The first-order valence-electron chi connectivity index (χ1n) is 12.4. The maximum absolute atomic E-state index is 15.0. The van der Waals surface area contributed by atoms with Crippen LogP contribution in [-0.2, 0) is 11.0 Å². The van der Waals surface area contributed by atoms with Crippen molar-refractivity contribution in [1.29, 1.82) is 0 Å². The van der Waals surface area contributed by atoms with E-state index in [2.05, 4.69) is 25.2 Å². The van der Waals surface area contributed by atoms with Crippen LogP contribution < -0.4 is 10.8 Å². The second-order valence-corrected chi connectivity index (χ2v) is 12.9. The van der Waals surface area contributed by atoms with Crippen molar-refractivity contribution < 1.29 is 8.96 Å². The van der Waals surface area contributed by atoms with Crippen molar-refractivity contribution in [3.05, 3.63) is 53.2 Å². The maximum atomic E-state index is 15.0. The number of benzene rings is 1. The molecule has 3 aromatic rings. The van der Waals surface area contributed by atoms with Crippen molar-refractivity contribution >= 4 is 29.3 Å². The van der Waals surface area contributed by atoms with E-state index in [1.165, 1.54) is 12.8 Å². The molecule has 0 unspecified atom stereocenters. The number of nitrogens with zero attached hydrogens (tertiary/aromatic N) is 4. The van der Waals surface area contributed by atoms with E-state index in [9.17, 15) is 8.96 Å². The van der Waals surface area contributed by atoms with Gasteiger partial charge in [-0.25, -0.2) is 14.4 Å². The Labute approximate surface area is 200 Å². The minimum atomic E-state index is -2.57. The minimum absolute atomic E-state index is 0.176. The monoisotopic (exact) mass is 481 g/mol. The van der Waals surface area contributed by atoms with Gasteiger partial charge in [0.1, 0.15) is 30.0 Å². The van der Waals surface area contributed by atoms with Crippen LogP contribution in [0.3, 0.4) is 0 Å². The molecule has 1 saturated heterocycles. The Hall–Kier alpha value is -2.37. The lowest BCUT2D eigenvalue weighted by molar-refractivity contribution is 0.284. The van der Waals surface area contributed by atoms with E-state index in [0.717, 1.165) is 30.9 Å². The van der Waals surface area contributed by atoms with Gasteiger partial charge in [0.15, 0.2) is 0 Å². The molecule has 5 rings (SSSR count). The molecule has 0 amide bonds. The van der Waals surface area contributed by atoms with Crippen LogP contribution in [0.25, 0.3) is 10.9 Å². The third-order valence-electron chi connectivity index (χ3n) is 7.17. The van der Waals surface area contributed by atoms with Crippen LogP contribution >= 0.6 is 7.14 Å². The third-order valence-corrected chi connectivity index (χ3v) is 10.1. The van der Waals surface area contributed by atoms with Gasteiger partial charge in [0, 0.05) is 42.9 Å². The number of aromatic nitrogens is 3. The molecule has 1 aliphatic carbocycles. The molecule has 8 heteroatoms. The van der Waals surface area contributed by atoms with E-state index in [-0.39, 0.29) is 11.9 Å². The van der Waals surface area contributed by atoms with Gasteiger partial charge in [-0.05, 0) is 50.7 Å². The van der Waals surface area contributed by atoms with Gasteiger partial charge in [0.2, 0.25) is 0 Å². The van der Waals surface area contributed by atoms with Crippen LogP contribution in [0.2, 0.25) is 0 Å². The smallest absolute Gasteiger partial charge is 0.138 e. The lowest BCUT2D eigenvalue weighted by Gasteiger charge is -2.32. The summed E-state index contributed by atoms with van der Waals surface area (Å²) in [6.45, 7) is 8.59. The number of hydrogen-bond acceptors (Lipinski definition) is 6. The minimum Gasteiger partial charge on any atom is -0.363 e. The molecule has 34 heavy (non-hydrogen) atoms. The predicted molar refractivity (Wildman–Crippen MR) is 136 cm³/mol. The zero-order valence-corrected chi connectivity index (χ0v) is 21.1. The summed E-state index contributed by atoms with van der Waals surface area (Å²) in [4.78, 5) is 16.2. The van der Waals surface area contributed by atoms with Gasteiger partial charge in [-0.1, -0.05) is 25.1 Å². The first-order valence-corrected chi connectivity index (χ1v) is 14.4. The highest BCUT2D eigenvalue weighted by Crippen LogP contribution is 2.46. The van der Waals surface area contributed by atoms with Crippen molar-refractivity contribution in [1.82, 2.24) is 19.9 Å². The van der Waals surface area contributed by atoms with Crippen LogP contribution in [0.1, 0.15) is 49.7 Å². The zero-order chi connectivity index (χ0) is 23.9. The summed E-state index contributed by atoms with van der Waals surface area (Å²) in [5.41, 5.74) is 2.67. The lowest BCUT2D eigenvalue weighted by atomic mass is 10.0. The van der Waals surface area contributed by atoms with Gasteiger partial charge >= 0.3 is 0 Å². The second kappa shape index (κ2) is 9.35. The average Bonchev–Trinajstić information content (AvgIpc) is 3.64. The molecule has 1 N–H and O–H groups in total. The SMILES string of the molecule is CCc1cccc([C@@H](C)Nc2nc(C)nc3cnc(P4(=O)CCN(CC5CC5)CC4)cc23)c1F. The molecule has 180 valence electrons. The fourth-order valence-corrected chi connectivity index (χ4v) is 7.39. The summed E-state index contributed by atoms with van der Waals surface area (Å²) in [5, 5.41) is 4.18. The Morgan fingerprint density at radius 1 is 1.24 bits per heavy atom. The Balaban J connectivity index is 1.43. The summed E-state index contributed by atoms with van der Waals surface area (Å²) in [6.07, 6.45) is 6.35. The van der Waals surface area contributed by atoms with E-state index < -0.39 is 7.14 Å². The van der Waals surface area contributed by atoms with E-state index >= 15 is 0 Å². The van der Waals surface area contributed by atoms with Crippen LogP contribution in [0, 0.1) is 18.7 Å². The van der Waals surface area contributed by atoms with Gasteiger partial charge < -0.3 is 14.8 Å². The van der Waals surface area contributed by atoms with Crippen molar-refractivity contribution in [3.8, 4) is 0 Å². The van der Waals surface area contributed by atoms with Gasteiger partial charge in [0.25, 0.3) is 0 Å². The molecule has 1 aromatic carbocycles. The molecule has 3 heterocycles. The van der Waals surface area contributed by atoms with Gasteiger partial charge in [-0.3, -0.25) is 4.98 Å². The normalized spacial score (nSPS) is 19.3. The van der Waals surface area contributed by atoms with Crippen molar-refractivity contribution in [2.24, 2.45) is 5.92 Å². The quantitative estimate of drug-likeness (QED) is 0.483. The molecular formula is C26H33FN5OP. The highest BCUT2D eigenvalue weighted by molar-refractivity contribution is 7.71. The van der Waals surface area contributed by atoms with Crippen LogP contribution in [0.15, 0.2) is 30.5 Å². The van der Waals surface area contributed by atoms with Crippen molar-refractivity contribution in [3.63, 3.8) is 0 Å². The highest BCUT2D eigenvalue weighted by atomic mass is 31.2. The van der Waals surface area contributed by atoms with E-state index in [1.807, 2.05) is 45.0 Å². The van der Waals surface area contributed by atoms with E-state index in [4.69, 9.17) is 0 Å². The summed E-state index contributed by atoms with van der Waals surface area (Å²) in [6, 6.07) is 7.13. The molecule has 2 aliphatic rings. The van der Waals surface area contributed by atoms with Crippen molar-refractivity contribution in [2.45, 2.75) is 46.1 Å². The molecular weight excluding hydrogens is 448 g/mol. The topological polar surface area (TPSA) is 71.0 Å². The number of aryl methyl sites for hydroxylation is 2. The molecule has 1 aliphatic heterocycles. The summed E-state index contributed by atoms with van der Waals surface area (Å²) in [5.74, 6) is 1.90. The van der Waals surface area contributed by atoms with Crippen LogP contribution in [0.4, 0.5) is 10.2 Å². The first kappa shape index (κ1) is 23.4. The second-order valence-electron chi connectivity index (χ2n) is 9.80. The van der Waals surface area contributed by atoms with E-state index in [1.54, 1.807) is 6.20 Å². The standard InChI is InChI=1S/C26H33FN5OP/c1-4-20-6-5-7-21(25(20)27)17(2)29-26-22-14-24(28-15-23(22)30-18(3)31-26)34(33)12-10-32(11-13-34)16-19-8-9-19/h5-7,14-15,17,19H,4,8-13,16H2,1-3H3,(H,29,30,31)/t17-/m1/s1. The molecule has 2 fully saturated rings. The maximum Gasteiger partial charge on any atom is 0.138 e. The lowest BCUT2D eigenvalue weighted by Crippen LogP contribution is -2.38. The summed E-state index contributed by atoms with van der Waals surface area (Å²) < 4.78 is 28.8. The summed E-state index contributed by atoms with van der Waals surface area (Å²) in [7, 11) is -2.57. The fraction of sp³-hybridized carbons (Fsp3) is 0.500. The Kier molecular flexibility index (Phi) is 6.43.